The molecular formula is C54H39N3. The third kappa shape index (κ3) is 5.98. The van der Waals surface area contributed by atoms with E-state index in [1.807, 2.05) is 12.2 Å². The number of aromatic nitrogens is 3. The monoisotopic (exact) mass is 729 g/mol. The van der Waals surface area contributed by atoms with Crippen LogP contribution in [0.5, 0.6) is 0 Å². The van der Waals surface area contributed by atoms with E-state index < -0.39 is 0 Å². The van der Waals surface area contributed by atoms with E-state index in [0.717, 1.165) is 72.7 Å². The topological polar surface area (TPSA) is 22.8 Å². The highest BCUT2D eigenvalue weighted by Gasteiger charge is 2.21. The normalized spacial score (nSPS) is 11.6. The molecule has 0 fully saturated rings. The first-order chi connectivity index (χ1) is 28.2. The maximum atomic E-state index is 5.42. The van der Waals surface area contributed by atoms with Crippen LogP contribution in [-0.2, 0) is 0 Å². The van der Waals surface area contributed by atoms with Gasteiger partial charge in [0.05, 0.1) is 22.2 Å². The highest BCUT2D eigenvalue weighted by atomic mass is 15.1. The lowest BCUT2D eigenvalue weighted by atomic mass is 9.99. The van der Waals surface area contributed by atoms with Gasteiger partial charge in [-0.2, -0.15) is 0 Å². The molecule has 0 saturated heterocycles. The molecule has 0 atom stereocenters. The second-order valence-corrected chi connectivity index (χ2v) is 14.5. The second-order valence-electron chi connectivity index (χ2n) is 14.5. The molecule has 3 aromatic heterocycles. The van der Waals surface area contributed by atoms with Gasteiger partial charge in [0.2, 0.25) is 0 Å². The maximum Gasteiger partial charge on any atom is 0.138 e. The van der Waals surface area contributed by atoms with Crippen molar-refractivity contribution in [1.82, 2.24) is 14.1 Å². The van der Waals surface area contributed by atoms with Crippen LogP contribution in [0.15, 0.2) is 207 Å². The minimum atomic E-state index is 0.872. The summed E-state index contributed by atoms with van der Waals surface area (Å²) in [7, 11) is 0. The third-order valence-corrected chi connectivity index (χ3v) is 11.1. The van der Waals surface area contributed by atoms with Crippen molar-refractivity contribution in [3.05, 3.63) is 218 Å². The van der Waals surface area contributed by atoms with Gasteiger partial charge in [-0.25, -0.2) is 4.98 Å². The van der Waals surface area contributed by atoms with Crippen LogP contribution in [0.3, 0.4) is 0 Å². The Balaban J connectivity index is 1.24. The zero-order chi connectivity index (χ0) is 38.3. The molecular weight excluding hydrogens is 691 g/mol. The zero-order valence-electron chi connectivity index (χ0n) is 31.7. The fourth-order valence-corrected chi connectivity index (χ4v) is 8.43. The van der Waals surface area contributed by atoms with Gasteiger partial charge in [0.25, 0.3) is 0 Å². The first-order valence-corrected chi connectivity index (χ1v) is 19.4. The van der Waals surface area contributed by atoms with Crippen molar-refractivity contribution in [2.45, 2.75) is 6.92 Å². The van der Waals surface area contributed by atoms with E-state index in [1.165, 1.54) is 27.4 Å². The Kier molecular flexibility index (Phi) is 8.54. The molecule has 0 aliphatic carbocycles. The summed E-state index contributed by atoms with van der Waals surface area (Å²) in [5.74, 6) is 0.872. The minimum absolute atomic E-state index is 0.872. The van der Waals surface area contributed by atoms with Gasteiger partial charge in [0.15, 0.2) is 0 Å². The van der Waals surface area contributed by atoms with Gasteiger partial charge in [-0.3, -0.25) is 4.57 Å². The molecule has 3 heterocycles. The van der Waals surface area contributed by atoms with Crippen molar-refractivity contribution in [2.24, 2.45) is 0 Å². The molecule has 0 amide bonds. The van der Waals surface area contributed by atoms with E-state index in [-0.39, 0.29) is 0 Å². The van der Waals surface area contributed by atoms with E-state index in [9.17, 15) is 0 Å². The lowest BCUT2D eigenvalue weighted by Crippen LogP contribution is -2.03. The summed E-state index contributed by atoms with van der Waals surface area (Å²) in [5, 5.41) is 3.61. The molecule has 57 heavy (non-hydrogen) atoms. The largest absolute Gasteiger partial charge is 0.309 e. The Bertz CT molecular complexity index is 3070. The number of nitrogens with zero attached hydrogens (tertiary/aromatic N) is 3. The van der Waals surface area contributed by atoms with Gasteiger partial charge in [-0.15, -0.1) is 0 Å². The fraction of sp³-hybridized carbons (Fsp3) is 0.0185. The lowest BCUT2D eigenvalue weighted by Gasteiger charge is -2.15. The number of benzene rings is 7. The van der Waals surface area contributed by atoms with E-state index >= 15 is 0 Å². The average molecular weight is 730 g/mol. The summed E-state index contributed by atoms with van der Waals surface area (Å²) in [4.78, 5) is 5.42. The van der Waals surface area contributed by atoms with Crippen LogP contribution in [-0.4, -0.2) is 14.1 Å². The van der Waals surface area contributed by atoms with Crippen molar-refractivity contribution < 1.29 is 0 Å². The van der Waals surface area contributed by atoms with Crippen LogP contribution in [0.4, 0.5) is 0 Å². The summed E-state index contributed by atoms with van der Waals surface area (Å²) >= 11 is 0. The molecule has 0 aliphatic rings. The van der Waals surface area contributed by atoms with Crippen LogP contribution in [0.2, 0.25) is 0 Å². The Labute approximate surface area is 332 Å². The third-order valence-electron chi connectivity index (χ3n) is 11.1. The Morgan fingerprint density at radius 2 is 1.11 bits per heavy atom. The number of hydrogen-bond acceptors (Lipinski definition) is 1. The highest BCUT2D eigenvalue weighted by Crippen LogP contribution is 2.41. The number of allylic oxidation sites excluding steroid dienone is 2. The van der Waals surface area contributed by atoms with Crippen LogP contribution in [0, 0.1) is 6.92 Å². The van der Waals surface area contributed by atoms with Crippen molar-refractivity contribution in [3.63, 3.8) is 0 Å². The van der Waals surface area contributed by atoms with Crippen molar-refractivity contribution in [1.29, 1.82) is 0 Å². The molecule has 0 bridgehead atoms. The summed E-state index contributed by atoms with van der Waals surface area (Å²) in [6, 6.07) is 67.3. The van der Waals surface area contributed by atoms with Crippen molar-refractivity contribution in [2.75, 3.05) is 0 Å². The van der Waals surface area contributed by atoms with Gasteiger partial charge in [0, 0.05) is 44.2 Å². The molecule has 10 aromatic rings. The van der Waals surface area contributed by atoms with Crippen LogP contribution in [0.25, 0.3) is 94.9 Å². The van der Waals surface area contributed by atoms with Gasteiger partial charge in [-0.05, 0) is 71.1 Å². The second kappa shape index (κ2) is 14.3. The minimum Gasteiger partial charge on any atom is -0.309 e. The smallest absolute Gasteiger partial charge is 0.138 e. The first kappa shape index (κ1) is 34.0. The quantitative estimate of drug-likeness (QED) is 0.143. The van der Waals surface area contributed by atoms with Crippen molar-refractivity contribution >= 4 is 38.8 Å². The van der Waals surface area contributed by atoms with Crippen LogP contribution < -0.4 is 0 Å². The Hall–Kier alpha value is -7.49. The SMILES string of the molecule is C=C/C=C\c1c(C)n(-c2cc(-c3ccccc3)cc(-c3ccccc3)n2)c2c(-c3ccc4c5ccccc5n(-c5cccc(-c6ccccc6)c5)c4c3)cccc12. The number of fused-ring (bicyclic) bond motifs is 4. The fourth-order valence-electron chi connectivity index (χ4n) is 8.43. The summed E-state index contributed by atoms with van der Waals surface area (Å²) in [6.45, 7) is 6.20. The molecule has 0 aliphatic heterocycles. The molecule has 0 spiro atoms. The summed E-state index contributed by atoms with van der Waals surface area (Å²) in [5.41, 5.74) is 15.8. The standard InChI is InChI=1S/C54H39N3/c1-3-4-26-45-37(2)56(53-36-43(39-20-10-6-11-21-39)34-50(55-53)40-22-12-7-13-23-40)54-46(28-17-29-49(45)54)42-31-32-48-47-27-14-15-30-51(47)57(52(48)35-42)44-25-16-24-41(33-44)38-18-8-5-9-19-38/h3-36H,1H2,2H3/b26-4-. The molecule has 0 unspecified atom stereocenters. The summed E-state index contributed by atoms with van der Waals surface area (Å²) < 4.78 is 4.77. The zero-order valence-corrected chi connectivity index (χ0v) is 31.7. The molecule has 0 N–H and O–H groups in total. The molecule has 0 saturated carbocycles. The number of pyridine rings is 1. The maximum absolute atomic E-state index is 5.42. The van der Waals surface area contributed by atoms with Gasteiger partial charge >= 0.3 is 0 Å². The number of para-hydroxylation sites is 2. The molecule has 3 nitrogen and oxygen atoms in total. The molecule has 10 rings (SSSR count). The van der Waals surface area contributed by atoms with Crippen molar-refractivity contribution in [3.8, 4) is 56.1 Å². The molecule has 0 radical (unpaired) electrons. The van der Waals surface area contributed by atoms with E-state index in [2.05, 4.69) is 217 Å². The summed E-state index contributed by atoms with van der Waals surface area (Å²) in [6.07, 6.45) is 6.04. The number of rotatable bonds is 8. The average Bonchev–Trinajstić information content (AvgIpc) is 3.77. The highest BCUT2D eigenvalue weighted by molar-refractivity contribution is 6.11. The van der Waals surface area contributed by atoms with Crippen LogP contribution in [0.1, 0.15) is 11.3 Å². The predicted octanol–water partition coefficient (Wildman–Crippen LogP) is 14.3. The molecule has 3 heteroatoms. The van der Waals surface area contributed by atoms with Crippen LogP contribution >= 0.6 is 0 Å². The molecule has 270 valence electrons. The van der Waals surface area contributed by atoms with E-state index in [0.29, 0.717) is 0 Å². The lowest BCUT2D eigenvalue weighted by molar-refractivity contribution is 0.995. The Morgan fingerprint density at radius 1 is 0.474 bits per heavy atom. The first-order valence-electron chi connectivity index (χ1n) is 19.4. The number of hydrogen-bond donors (Lipinski definition) is 0. The van der Waals surface area contributed by atoms with Gasteiger partial charge in [0.1, 0.15) is 5.82 Å². The van der Waals surface area contributed by atoms with Gasteiger partial charge < -0.3 is 4.57 Å². The van der Waals surface area contributed by atoms with E-state index in [4.69, 9.17) is 4.98 Å². The molecule has 7 aromatic carbocycles. The Morgan fingerprint density at radius 3 is 1.86 bits per heavy atom. The predicted molar refractivity (Wildman–Crippen MR) is 241 cm³/mol. The van der Waals surface area contributed by atoms with Gasteiger partial charge in [-0.1, -0.05) is 176 Å². The van der Waals surface area contributed by atoms with E-state index in [1.54, 1.807) is 0 Å².